The number of ether oxygens (including phenoxy) is 2. The number of para-hydroxylation sites is 2. The van der Waals surface area contributed by atoms with Gasteiger partial charge in [-0.05, 0) is 78.7 Å². The van der Waals surface area contributed by atoms with Crippen LogP contribution in [-0.4, -0.2) is 44.8 Å². The van der Waals surface area contributed by atoms with Crippen LogP contribution in [0.1, 0.15) is 22.3 Å². The molecule has 3 aliphatic heterocycles. The van der Waals surface area contributed by atoms with E-state index in [0.717, 1.165) is 84.3 Å². The molecule has 3 aliphatic rings. The zero-order valence-corrected chi connectivity index (χ0v) is 34.3. The fourth-order valence-corrected chi connectivity index (χ4v) is 8.97. The molecule has 8 nitrogen and oxygen atoms in total. The molecule has 1 spiro atoms. The number of anilines is 5. The Bertz CT molecular complexity index is 2850. The minimum Gasteiger partial charge on any atom is -0.509 e. The third-order valence-electron chi connectivity index (χ3n) is 11.5. The van der Waals surface area contributed by atoms with Crippen molar-refractivity contribution < 1.29 is 30.5 Å². The number of benzene rings is 6. The van der Waals surface area contributed by atoms with Crippen molar-refractivity contribution in [2.75, 3.05) is 54.8 Å². The normalized spacial score (nSPS) is 14.1. The summed E-state index contributed by atoms with van der Waals surface area (Å²) in [5, 5.41) is 2.22. The third kappa shape index (κ3) is 4.99. The van der Waals surface area contributed by atoms with E-state index in [2.05, 4.69) is 169 Å². The van der Waals surface area contributed by atoms with Crippen LogP contribution < -0.4 is 29.1 Å². The first-order valence-electron chi connectivity index (χ1n) is 18.7. The summed E-state index contributed by atoms with van der Waals surface area (Å²) in [7, 11) is 10.4. The summed E-state index contributed by atoms with van der Waals surface area (Å²) in [4.78, 5) is 13.5. The molecule has 0 N–H and O–H groups in total. The van der Waals surface area contributed by atoms with Gasteiger partial charge >= 0.3 is 0 Å². The number of hydrogen-bond donors (Lipinski definition) is 0. The first-order chi connectivity index (χ1) is 27.3. The molecule has 0 saturated carbocycles. The standard InChI is InChI=1S/C48H37N6O2.Pt/c1-50(2)30-16-22-44-38(25-30)48(39-26-31(51(3)4)17-23-45(39)56-44)36-21-19-33(28-43(36)53-29-52(5)41-14-10-12-37(48)47(41)53)55-32-18-20-35-34-11-6-7-13-40(34)54(42(35)27-32)46-15-8-9-24-49-46;/h6-26,29H,1-5H3;/q-3;. The molecule has 5 heterocycles. The molecular weight excluding hydrogens is 888 g/mol. The molecule has 0 radical (unpaired) electrons. The van der Waals surface area contributed by atoms with Gasteiger partial charge in [-0.15, -0.1) is 35.2 Å². The van der Waals surface area contributed by atoms with Crippen molar-refractivity contribution in [2.24, 2.45) is 0 Å². The SMILES string of the molecule is CN(C)c1ccc2c(c1)C1(c3ccc(Oc4[c-]c5c(cc4)c4ccccc4n5-c4ccccn4)[c-]c3N3[CH-]N(C)c4cccc1c43)c1cc(N(C)C)ccc1O2.[Pt]. The van der Waals surface area contributed by atoms with Crippen molar-refractivity contribution >= 4 is 50.2 Å². The first-order valence-corrected chi connectivity index (χ1v) is 18.7. The summed E-state index contributed by atoms with van der Waals surface area (Å²) in [6.45, 7) is 2.15. The van der Waals surface area contributed by atoms with Crippen molar-refractivity contribution in [1.29, 1.82) is 0 Å². The van der Waals surface area contributed by atoms with Crippen LogP contribution in [0.3, 0.4) is 0 Å². The average molecular weight is 925 g/mol. The molecule has 2 aromatic heterocycles. The summed E-state index contributed by atoms with van der Waals surface area (Å²) in [5.74, 6) is 3.68. The topological polar surface area (TPSA) is 49.2 Å². The summed E-state index contributed by atoms with van der Waals surface area (Å²) in [6, 6.07) is 49.8. The molecule has 0 unspecified atom stereocenters. The van der Waals surface area contributed by atoms with E-state index in [0.29, 0.717) is 11.5 Å². The van der Waals surface area contributed by atoms with Crippen molar-refractivity contribution in [3.63, 3.8) is 0 Å². The van der Waals surface area contributed by atoms with Gasteiger partial charge in [-0.3, -0.25) is 0 Å². The maximum atomic E-state index is 6.79. The van der Waals surface area contributed by atoms with E-state index in [-0.39, 0.29) is 21.1 Å². The molecule has 0 bridgehead atoms. The van der Waals surface area contributed by atoms with Crippen LogP contribution in [0, 0.1) is 18.8 Å². The molecule has 0 saturated heterocycles. The molecule has 0 amide bonds. The molecule has 57 heavy (non-hydrogen) atoms. The van der Waals surface area contributed by atoms with E-state index >= 15 is 0 Å². The molecule has 0 aliphatic carbocycles. The van der Waals surface area contributed by atoms with Gasteiger partial charge in [0.15, 0.2) is 0 Å². The van der Waals surface area contributed by atoms with Crippen molar-refractivity contribution in [3.8, 4) is 28.8 Å². The van der Waals surface area contributed by atoms with Gasteiger partial charge in [0.25, 0.3) is 0 Å². The van der Waals surface area contributed by atoms with Crippen LogP contribution in [-0.2, 0) is 26.5 Å². The van der Waals surface area contributed by atoms with Crippen LogP contribution in [0.15, 0.2) is 128 Å². The molecular formula is C48H37N6O2Pt-3. The third-order valence-corrected chi connectivity index (χ3v) is 11.5. The van der Waals surface area contributed by atoms with Crippen LogP contribution in [0.4, 0.5) is 28.4 Å². The fraction of sp³-hybridized carbons (Fsp3) is 0.125. The van der Waals surface area contributed by atoms with Crippen LogP contribution >= 0.6 is 0 Å². The molecule has 8 aromatic rings. The summed E-state index contributed by atoms with van der Waals surface area (Å²) < 4.78 is 15.7. The largest absolute Gasteiger partial charge is 0.509 e. The average Bonchev–Trinajstić information content (AvgIpc) is 3.74. The maximum Gasteiger partial charge on any atom is 0.135 e. The van der Waals surface area contributed by atoms with E-state index < -0.39 is 5.41 Å². The van der Waals surface area contributed by atoms with Crippen molar-refractivity contribution in [3.05, 3.63) is 169 Å². The van der Waals surface area contributed by atoms with Gasteiger partial charge in [-0.2, -0.15) is 18.8 Å². The van der Waals surface area contributed by atoms with Crippen molar-refractivity contribution in [2.45, 2.75) is 5.41 Å². The monoisotopic (exact) mass is 924 g/mol. The Morgan fingerprint density at radius 3 is 2.11 bits per heavy atom. The van der Waals surface area contributed by atoms with Gasteiger partial charge in [0.2, 0.25) is 0 Å². The zero-order chi connectivity index (χ0) is 37.9. The summed E-state index contributed by atoms with van der Waals surface area (Å²) in [6.07, 6.45) is 1.82. The number of rotatable bonds is 5. The van der Waals surface area contributed by atoms with Gasteiger partial charge in [-0.1, -0.05) is 47.6 Å². The number of fused-ring (bicyclic) bond motifs is 11. The second-order valence-corrected chi connectivity index (χ2v) is 15.1. The zero-order valence-electron chi connectivity index (χ0n) is 32.0. The number of hydrogen-bond acceptors (Lipinski definition) is 7. The summed E-state index contributed by atoms with van der Waals surface area (Å²) >= 11 is 0. The quantitative estimate of drug-likeness (QED) is 0.159. The van der Waals surface area contributed by atoms with Crippen molar-refractivity contribution in [1.82, 2.24) is 9.55 Å². The smallest absolute Gasteiger partial charge is 0.135 e. The fourth-order valence-electron chi connectivity index (χ4n) is 8.97. The van der Waals surface area contributed by atoms with Crippen LogP contribution in [0.25, 0.3) is 27.6 Å². The predicted octanol–water partition coefficient (Wildman–Crippen LogP) is 10.2. The van der Waals surface area contributed by atoms with E-state index in [1.165, 1.54) is 5.56 Å². The maximum absolute atomic E-state index is 6.79. The van der Waals surface area contributed by atoms with Crippen LogP contribution in [0.2, 0.25) is 0 Å². The number of pyridine rings is 1. The van der Waals surface area contributed by atoms with Gasteiger partial charge in [0, 0.05) is 112 Å². The summed E-state index contributed by atoms with van der Waals surface area (Å²) in [5.41, 5.74) is 11.0. The second-order valence-electron chi connectivity index (χ2n) is 15.1. The Kier molecular flexibility index (Phi) is 7.96. The Hall–Kier alpha value is -6.24. The predicted molar refractivity (Wildman–Crippen MR) is 225 cm³/mol. The molecule has 0 atom stereocenters. The Morgan fingerprint density at radius 2 is 1.39 bits per heavy atom. The van der Waals surface area contributed by atoms with E-state index in [1.54, 1.807) is 0 Å². The molecule has 284 valence electrons. The van der Waals surface area contributed by atoms with Crippen LogP contribution in [0.5, 0.6) is 23.0 Å². The Balaban J connectivity index is 0.00000396. The Labute approximate surface area is 346 Å². The Morgan fingerprint density at radius 1 is 0.684 bits per heavy atom. The van der Waals surface area contributed by atoms with E-state index in [4.69, 9.17) is 14.5 Å². The van der Waals surface area contributed by atoms with Gasteiger partial charge in [-0.25, -0.2) is 4.98 Å². The molecule has 6 aromatic carbocycles. The van der Waals surface area contributed by atoms with E-state index in [1.807, 2.05) is 36.5 Å². The number of aromatic nitrogens is 2. The second kappa shape index (κ2) is 12.9. The number of nitrogens with zero attached hydrogens (tertiary/aromatic N) is 6. The first kappa shape index (κ1) is 35.2. The van der Waals surface area contributed by atoms with Gasteiger partial charge in [0.05, 0.1) is 0 Å². The van der Waals surface area contributed by atoms with Gasteiger partial charge in [0.1, 0.15) is 17.3 Å². The minimum atomic E-state index is -0.735. The van der Waals surface area contributed by atoms with Gasteiger partial charge < -0.3 is 33.6 Å². The molecule has 11 rings (SSSR count). The van der Waals surface area contributed by atoms with E-state index in [9.17, 15) is 0 Å². The molecule has 9 heteroatoms. The minimum absolute atomic E-state index is 0. The molecule has 0 fully saturated rings.